The molecule has 2 rings (SSSR count). The highest BCUT2D eigenvalue weighted by molar-refractivity contribution is 6.30. The van der Waals surface area contributed by atoms with Gasteiger partial charge < -0.3 is 9.73 Å². The first-order valence-corrected chi connectivity index (χ1v) is 6.65. The van der Waals surface area contributed by atoms with E-state index in [1.807, 2.05) is 30.3 Å². The molecule has 1 amide bonds. The minimum Gasteiger partial charge on any atom is -0.469 e. The van der Waals surface area contributed by atoms with Gasteiger partial charge in [0, 0.05) is 18.0 Å². The van der Waals surface area contributed by atoms with Gasteiger partial charge in [0.05, 0.1) is 12.7 Å². The third-order valence-corrected chi connectivity index (χ3v) is 2.99. The molecule has 1 heterocycles. The Morgan fingerprint density at radius 3 is 2.89 bits per heavy atom. The lowest BCUT2D eigenvalue weighted by atomic mass is 10.1. The quantitative estimate of drug-likeness (QED) is 0.824. The van der Waals surface area contributed by atoms with Gasteiger partial charge in [-0.1, -0.05) is 23.7 Å². The smallest absolute Gasteiger partial charge is 0.224 e. The molecule has 19 heavy (non-hydrogen) atoms. The second kappa shape index (κ2) is 7.00. The Labute approximate surface area is 117 Å². The topological polar surface area (TPSA) is 42.2 Å². The van der Waals surface area contributed by atoms with Crippen LogP contribution in [0.4, 0.5) is 0 Å². The molecule has 0 aliphatic carbocycles. The summed E-state index contributed by atoms with van der Waals surface area (Å²) in [5.74, 6) is 0.964. The van der Waals surface area contributed by atoms with E-state index < -0.39 is 0 Å². The van der Waals surface area contributed by atoms with Crippen LogP contribution in [0.2, 0.25) is 5.02 Å². The van der Waals surface area contributed by atoms with Gasteiger partial charge in [-0.3, -0.25) is 4.79 Å². The molecule has 4 heteroatoms. The Bertz CT molecular complexity index is 523. The number of hydrogen-bond acceptors (Lipinski definition) is 2. The van der Waals surface area contributed by atoms with Crippen LogP contribution in [0, 0.1) is 0 Å². The van der Waals surface area contributed by atoms with E-state index in [2.05, 4.69) is 5.32 Å². The first-order chi connectivity index (χ1) is 9.24. The summed E-state index contributed by atoms with van der Waals surface area (Å²) in [6, 6.07) is 11.2. The molecule has 1 aromatic carbocycles. The predicted molar refractivity (Wildman–Crippen MR) is 75.2 cm³/mol. The Morgan fingerprint density at radius 2 is 2.16 bits per heavy atom. The fourth-order valence-electron chi connectivity index (χ4n) is 1.84. The van der Waals surface area contributed by atoms with Gasteiger partial charge in [0.1, 0.15) is 5.76 Å². The predicted octanol–water partition coefficient (Wildman–Crippen LogP) is 3.22. The maximum atomic E-state index is 11.7. The monoisotopic (exact) mass is 277 g/mol. The van der Waals surface area contributed by atoms with E-state index in [1.165, 1.54) is 0 Å². The maximum Gasteiger partial charge on any atom is 0.224 e. The molecule has 0 spiro atoms. The highest BCUT2D eigenvalue weighted by atomic mass is 35.5. The van der Waals surface area contributed by atoms with E-state index in [9.17, 15) is 4.79 Å². The number of aryl methyl sites for hydroxylation is 1. The molecule has 0 saturated carbocycles. The van der Waals surface area contributed by atoms with Gasteiger partial charge in [-0.05, 0) is 36.2 Å². The Morgan fingerprint density at radius 1 is 1.26 bits per heavy atom. The molecule has 0 atom stereocenters. The Kier molecular flexibility index (Phi) is 5.04. The summed E-state index contributed by atoms with van der Waals surface area (Å²) in [6.45, 7) is 0.653. The van der Waals surface area contributed by atoms with Crippen LogP contribution in [0.5, 0.6) is 0 Å². The summed E-state index contributed by atoms with van der Waals surface area (Å²) in [5.41, 5.74) is 0.927. The van der Waals surface area contributed by atoms with Crippen molar-refractivity contribution < 1.29 is 9.21 Å². The van der Waals surface area contributed by atoms with Crippen LogP contribution in [0.3, 0.4) is 0 Å². The molecule has 0 fully saturated rings. The fourth-order valence-corrected chi connectivity index (χ4v) is 2.05. The first kappa shape index (κ1) is 13.7. The summed E-state index contributed by atoms with van der Waals surface area (Å²) < 4.78 is 5.22. The number of carbonyl (C=O) groups is 1. The van der Waals surface area contributed by atoms with Crippen LogP contribution in [0.15, 0.2) is 47.1 Å². The molecule has 100 valence electrons. The molecule has 0 bridgehead atoms. The zero-order chi connectivity index (χ0) is 13.5. The molecule has 1 N–H and O–H groups in total. The summed E-state index contributed by atoms with van der Waals surface area (Å²) >= 11 is 5.87. The van der Waals surface area contributed by atoms with E-state index in [1.54, 1.807) is 12.3 Å². The number of amides is 1. The second-order valence-corrected chi connectivity index (χ2v) is 4.78. The number of halogens is 1. The van der Waals surface area contributed by atoms with E-state index in [-0.39, 0.29) is 5.91 Å². The highest BCUT2D eigenvalue weighted by Gasteiger charge is 2.03. The van der Waals surface area contributed by atoms with Crippen LogP contribution in [-0.2, 0) is 17.6 Å². The van der Waals surface area contributed by atoms with Gasteiger partial charge in [0.2, 0.25) is 5.91 Å². The second-order valence-electron chi connectivity index (χ2n) is 4.34. The average molecular weight is 278 g/mol. The van der Waals surface area contributed by atoms with E-state index in [0.29, 0.717) is 18.0 Å². The zero-order valence-electron chi connectivity index (χ0n) is 10.6. The molecule has 0 saturated heterocycles. The number of carbonyl (C=O) groups excluding carboxylic acids is 1. The SMILES string of the molecule is O=C(Cc1cccc(Cl)c1)NCCCc1ccco1. The molecule has 0 unspecified atom stereocenters. The lowest BCUT2D eigenvalue weighted by Crippen LogP contribution is -2.26. The molecular formula is C15H16ClNO2. The van der Waals surface area contributed by atoms with Crippen LogP contribution in [0.25, 0.3) is 0 Å². The third kappa shape index (κ3) is 4.79. The van der Waals surface area contributed by atoms with Crippen molar-refractivity contribution in [3.63, 3.8) is 0 Å². The summed E-state index contributed by atoms with van der Waals surface area (Å²) in [7, 11) is 0. The van der Waals surface area contributed by atoms with Gasteiger partial charge in [0.15, 0.2) is 0 Å². The minimum atomic E-state index is 0.0155. The number of benzene rings is 1. The summed E-state index contributed by atoms with van der Waals surface area (Å²) in [4.78, 5) is 11.7. The number of nitrogens with one attached hydrogen (secondary N) is 1. The van der Waals surface area contributed by atoms with Crippen molar-refractivity contribution in [3.8, 4) is 0 Å². The van der Waals surface area contributed by atoms with Crippen molar-refractivity contribution in [1.82, 2.24) is 5.32 Å². The lowest BCUT2D eigenvalue weighted by Gasteiger charge is -2.05. The minimum absolute atomic E-state index is 0.0155. The largest absolute Gasteiger partial charge is 0.469 e. The molecule has 2 aromatic rings. The standard InChI is InChI=1S/C15H16ClNO2/c16-13-5-1-4-12(10-13)11-15(18)17-8-2-6-14-7-3-9-19-14/h1,3-5,7,9-10H,2,6,8,11H2,(H,17,18). The van der Waals surface area contributed by atoms with Crippen molar-refractivity contribution in [1.29, 1.82) is 0 Å². The first-order valence-electron chi connectivity index (χ1n) is 6.27. The molecule has 0 aliphatic rings. The normalized spacial score (nSPS) is 10.4. The molecular weight excluding hydrogens is 262 g/mol. The lowest BCUT2D eigenvalue weighted by molar-refractivity contribution is -0.120. The van der Waals surface area contributed by atoms with Gasteiger partial charge in [-0.2, -0.15) is 0 Å². The van der Waals surface area contributed by atoms with Crippen molar-refractivity contribution in [2.24, 2.45) is 0 Å². The van der Waals surface area contributed by atoms with Gasteiger partial charge >= 0.3 is 0 Å². The third-order valence-electron chi connectivity index (χ3n) is 2.76. The van der Waals surface area contributed by atoms with Crippen LogP contribution in [-0.4, -0.2) is 12.5 Å². The van der Waals surface area contributed by atoms with Gasteiger partial charge in [0.25, 0.3) is 0 Å². The summed E-state index contributed by atoms with van der Waals surface area (Å²) in [5, 5.41) is 3.55. The van der Waals surface area contributed by atoms with Crippen molar-refractivity contribution >= 4 is 17.5 Å². The highest BCUT2D eigenvalue weighted by Crippen LogP contribution is 2.11. The average Bonchev–Trinajstić information content (AvgIpc) is 2.88. The maximum absolute atomic E-state index is 11.7. The number of hydrogen-bond donors (Lipinski definition) is 1. The molecule has 0 radical (unpaired) electrons. The van der Waals surface area contributed by atoms with Crippen molar-refractivity contribution in [2.75, 3.05) is 6.54 Å². The van der Waals surface area contributed by atoms with Crippen LogP contribution >= 0.6 is 11.6 Å². The molecule has 1 aromatic heterocycles. The van der Waals surface area contributed by atoms with Crippen LogP contribution < -0.4 is 5.32 Å². The molecule has 0 aliphatic heterocycles. The van der Waals surface area contributed by atoms with Crippen molar-refractivity contribution in [3.05, 3.63) is 59.0 Å². The van der Waals surface area contributed by atoms with E-state index >= 15 is 0 Å². The fraction of sp³-hybridized carbons (Fsp3) is 0.267. The number of furan rings is 1. The number of rotatable bonds is 6. The van der Waals surface area contributed by atoms with E-state index in [0.717, 1.165) is 24.2 Å². The van der Waals surface area contributed by atoms with Gasteiger partial charge in [-0.15, -0.1) is 0 Å². The Balaban J connectivity index is 1.67. The van der Waals surface area contributed by atoms with Crippen LogP contribution in [0.1, 0.15) is 17.7 Å². The van der Waals surface area contributed by atoms with Crippen molar-refractivity contribution in [2.45, 2.75) is 19.3 Å². The zero-order valence-corrected chi connectivity index (χ0v) is 11.3. The Hall–Kier alpha value is -1.74. The molecule has 3 nitrogen and oxygen atoms in total. The van der Waals surface area contributed by atoms with E-state index in [4.69, 9.17) is 16.0 Å². The van der Waals surface area contributed by atoms with Gasteiger partial charge in [-0.25, -0.2) is 0 Å². The summed E-state index contributed by atoms with van der Waals surface area (Å²) in [6.07, 6.45) is 3.73.